The largest absolute Gasteiger partial charge is 0.469 e. The second-order valence-electron chi connectivity index (χ2n) is 4.93. The number of carbonyl (C=O) groups excluding carboxylic acids is 1. The lowest BCUT2D eigenvalue weighted by Gasteiger charge is -2.36. The molecule has 0 amide bonds. The first-order chi connectivity index (χ1) is 10.1. The molecule has 0 unspecified atom stereocenters. The van der Waals surface area contributed by atoms with Crippen LogP contribution < -0.4 is 4.90 Å². The Morgan fingerprint density at radius 2 is 2.10 bits per heavy atom. The summed E-state index contributed by atoms with van der Waals surface area (Å²) >= 11 is 5.92. The topological polar surface area (TPSA) is 56.6 Å². The van der Waals surface area contributed by atoms with Crippen molar-refractivity contribution in [2.45, 2.75) is 6.42 Å². The summed E-state index contributed by atoms with van der Waals surface area (Å²) in [4.78, 5) is 15.6. The molecule has 0 spiro atoms. The van der Waals surface area contributed by atoms with E-state index in [4.69, 9.17) is 11.6 Å². The molecule has 1 aromatic rings. The van der Waals surface area contributed by atoms with Gasteiger partial charge in [-0.05, 0) is 18.2 Å². The van der Waals surface area contributed by atoms with Gasteiger partial charge in [-0.1, -0.05) is 11.6 Å². The van der Waals surface area contributed by atoms with Crippen molar-refractivity contribution in [3.63, 3.8) is 0 Å². The molecule has 21 heavy (non-hydrogen) atoms. The lowest BCUT2D eigenvalue weighted by molar-refractivity contribution is -0.141. The lowest BCUT2D eigenvalue weighted by atomic mass is 10.1. The molecule has 1 heterocycles. The number of methoxy groups -OCH3 is 1. The molecule has 1 aromatic carbocycles. The molecule has 5 nitrogen and oxygen atoms in total. The van der Waals surface area contributed by atoms with E-state index in [1.54, 1.807) is 12.1 Å². The molecule has 0 N–H and O–H groups in total. The molecule has 1 fully saturated rings. The first-order valence-corrected chi connectivity index (χ1v) is 7.25. The summed E-state index contributed by atoms with van der Waals surface area (Å²) < 4.78 is 4.65. The van der Waals surface area contributed by atoms with Crippen molar-refractivity contribution < 1.29 is 9.53 Å². The normalized spacial score (nSPS) is 15.6. The van der Waals surface area contributed by atoms with Crippen molar-refractivity contribution >= 4 is 23.3 Å². The van der Waals surface area contributed by atoms with Gasteiger partial charge in [0.15, 0.2) is 0 Å². The van der Waals surface area contributed by atoms with E-state index < -0.39 is 0 Å². The van der Waals surface area contributed by atoms with Crippen LogP contribution in [0.2, 0.25) is 5.02 Å². The van der Waals surface area contributed by atoms with Gasteiger partial charge in [0.25, 0.3) is 0 Å². The molecule has 1 aliphatic heterocycles. The van der Waals surface area contributed by atoms with Crippen LogP contribution in [0.1, 0.15) is 12.0 Å². The molecule has 1 saturated heterocycles. The summed E-state index contributed by atoms with van der Waals surface area (Å²) in [5.41, 5.74) is 1.53. The van der Waals surface area contributed by atoms with Crippen molar-refractivity contribution in [2.75, 3.05) is 44.7 Å². The summed E-state index contributed by atoms with van der Waals surface area (Å²) in [5, 5.41) is 9.78. The summed E-state index contributed by atoms with van der Waals surface area (Å²) in [6.07, 6.45) is 0.418. The number of esters is 1. The zero-order valence-corrected chi connectivity index (χ0v) is 12.8. The Morgan fingerprint density at radius 1 is 1.38 bits per heavy atom. The van der Waals surface area contributed by atoms with E-state index in [0.717, 1.165) is 31.9 Å². The third-order valence-corrected chi connectivity index (χ3v) is 3.89. The van der Waals surface area contributed by atoms with Crippen LogP contribution in [-0.2, 0) is 9.53 Å². The Morgan fingerprint density at radius 3 is 2.71 bits per heavy atom. The quantitative estimate of drug-likeness (QED) is 0.795. The molecule has 0 radical (unpaired) electrons. The molecule has 112 valence electrons. The number of halogens is 1. The van der Waals surface area contributed by atoms with Crippen molar-refractivity contribution in [3.05, 3.63) is 28.8 Å². The SMILES string of the molecule is COC(=O)CCN1CCN(c2ccc(Cl)cc2C#N)CC1. The first kappa shape index (κ1) is 15.6. The molecule has 0 aromatic heterocycles. The number of nitriles is 1. The van der Waals surface area contributed by atoms with Gasteiger partial charge in [-0.3, -0.25) is 9.69 Å². The minimum Gasteiger partial charge on any atom is -0.469 e. The van der Waals surface area contributed by atoms with E-state index in [-0.39, 0.29) is 5.97 Å². The van der Waals surface area contributed by atoms with Crippen molar-refractivity contribution in [3.8, 4) is 6.07 Å². The number of hydrogen-bond acceptors (Lipinski definition) is 5. The van der Waals surface area contributed by atoms with Gasteiger partial charge in [0.2, 0.25) is 0 Å². The van der Waals surface area contributed by atoms with Crippen molar-refractivity contribution in [1.29, 1.82) is 5.26 Å². The number of rotatable bonds is 4. The predicted molar refractivity (Wildman–Crippen MR) is 81.5 cm³/mol. The smallest absolute Gasteiger partial charge is 0.306 e. The standard InChI is InChI=1S/C15H18ClN3O2/c1-21-15(20)4-5-18-6-8-19(9-7-18)14-3-2-13(16)10-12(14)11-17/h2-3,10H,4-9H2,1H3. The number of anilines is 1. The van der Waals surface area contributed by atoms with Crippen LogP contribution >= 0.6 is 11.6 Å². The Hall–Kier alpha value is -1.77. The van der Waals surface area contributed by atoms with Crippen LogP contribution in [0.3, 0.4) is 0 Å². The average molecular weight is 308 g/mol. The zero-order chi connectivity index (χ0) is 15.2. The molecule has 0 bridgehead atoms. The van der Waals surface area contributed by atoms with Crippen LogP contribution in [0.5, 0.6) is 0 Å². The Balaban J connectivity index is 1.92. The van der Waals surface area contributed by atoms with Gasteiger partial charge in [0.1, 0.15) is 6.07 Å². The van der Waals surface area contributed by atoms with E-state index >= 15 is 0 Å². The molecule has 0 atom stereocenters. The van der Waals surface area contributed by atoms with Gasteiger partial charge in [0, 0.05) is 37.7 Å². The van der Waals surface area contributed by atoms with Gasteiger partial charge < -0.3 is 9.64 Å². The highest BCUT2D eigenvalue weighted by molar-refractivity contribution is 6.30. The minimum atomic E-state index is -0.179. The van der Waals surface area contributed by atoms with Crippen molar-refractivity contribution in [2.24, 2.45) is 0 Å². The highest BCUT2D eigenvalue weighted by atomic mass is 35.5. The predicted octanol–water partition coefficient (Wildman–Crippen LogP) is 1.90. The van der Waals surface area contributed by atoms with Gasteiger partial charge in [-0.25, -0.2) is 0 Å². The summed E-state index contributed by atoms with van der Waals surface area (Å²) in [6, 6.07) is 7.59. The molecular weight excluding hydrogens is 290 g/mol. The maximum absolute atomic E-state index is 11.1. The molecule has 0 saturated carbocycles. The molecule has 0 aliphatic carbocycles. The average Bonchev–Trinajstić information content (AvgIpc) is 2.53. The Labute approximate surface area is 129 Å². The van der Waals surface area contributed by atoms with E-state index in [0.29, 0.717) is 23.6 Å². The number of ether oxygens (including phenoxy) is 1. The summed E-state index contributed by atoms with van der Waals surface area (Å²) in [5.74, 6) is -0.179. The molecular formula is C15H18ClN3O2. The van der Waals surface area contributed by atoms with Crippen LogP contribution in [0.4, 0.5) is 5.69 Å². The fourth-order valence-corrected chi connectivity index (χ4v) is 2.61. The highest BCUT2D eigenvalue weighted by Gasteiger charge is 2.19. The number of hydrogen-bond donors (Lipinski definition) is 0. The van der Waals surface area contributed by atoms with Crippen LogP contribution in [-0.4, -0.2) is 50.7 Å². The molecule has 1 aliphatic rings. The fourth-order valence-electron chi connectivity index (χ4n) is 2.44. The van der Waals surface area contributed by atoms with Crippen LogP contribution in [0, 0.1) is 11.3 Å². The van der Waals surface area contributed by atoms with Crippen molar-refractivity contribution in [1.82, 2.24) is 4.90 Å². The third-order valence-electron chi connectivity index (χ3n) is 3.65. The first-order valence-electron chi connectivity index (χ1n) is 6.88. The maximum Gasteiger partial charge on any atom is 0.306 e. The fraction of sp³-hybridized carbons (Fsp3) is 0.467. The number of piperazine rings is 1. The van der Waals surface area contributed by atoms with E-state index in [1.807, 2.05) is 6.07 Å². The number of carbonyl (C=O) groups is 1. The van der Waals surface area contributed by atoms with Gasteiger partial charge in [-0.15, -0.1) is 0 Å². The van der Waals surface area contributed by atoms with Gasteiger partial charge >= 0.3 is 5.97 Å². The van der Waals surface area contributed by atoms with Crippen LogP contribution in [0.15, 0.2) is 18.2 Å². The minimum absolute atomic E-state index is 0.179. The lowest BCUT2D eigenvalue weighted by Crippen LogP contribution is -2.47. The molecule has 6 heteroatoms. The Kier molecular flexibility index (Phi) is 5.43. The van der Waals surface area contributed by atoms with Crippen LogP contribution in [0.25, 0.3) is 0 Å². The van der Waals surface area contributed by atoms with Gasteiger partial charge in [-0.2, -0.15) is 5.26 Å². The monoisotopic (exact) mass is 307 g/mol. The van der Waals surface area contributed by atoms with E-state index in [1.165, 1.54) is 7.11 Å². The highest BCUT2D eigenvalue weighted by Crippen LogP contribution is 2.24. The second-order valence-corrected chi connectivity index (χ2v) is 5.36. The summed E-state index contributed by atoms with van der Waals surface area (Å²) in [6.45, 7) is 4.11. The van der Waals surface area contributed by atoms with E-state index in [2.05, 4.69) is 20.6 Å². The second kappa shape index (κ2) is 7.30. The molecule has 2 rings (SSSR count). The van der Waals surface area contributed by atoms with E-state index in [9.17, 15) is 10.1 Å². The zero-order valence-electron chi connectivity index (χ0n) is 12.0. The third kappa shape index (κ3) is 4.10. The number of benzene rings is 1. The maximum atomic E-state index is 11.1. The Bertz CT molecular complexity index is 548. The van der Waals surface area contributed by atoms with Gasteiger partial charge in [0.05, 0.1) is 24.8 Å². The summed E-state index contributed by atoms with van der Waals surface area (Å²) in [7, 11) is 1.41. The number of nitrogens with zero attached hydrogens (tertiary/aromatic N) is 3.